The summed E-state index contributed by atoms with van der Waals surface area (Å²) in [4.78, 5) is 21.1. The van der Waals surface area contributed by atoms with Gasteiger partial charge in [-0.3, -0.25) is 15.2 Å². The molecule has 4 rings (SSSR count). The fourth-order valence-corrected chi connectivity index (χ4v) is 3.51. The molecule has 0 saturated carbocycles. The van der Waals surface area contributed by atoms with E-state index < -0.39 is 5.82 Å². The Morgan fingerprint density at radius 2 is 1.90 bits per heavy atom. The molecule has 2 aromatic heterocycles. The number of hydrogen-bond donors (Lipinski definition) is 2. The maximum atomic E-state index is 14.4. The molecular weight excluding hydrogens is 444 g/mol. The monoisotopic (exact) mass is 459 g/mol. The molecule has 0 unspecified atom stereocenters. The van der Waals surface area contributed by atoms with Crippen LogP contribution in [-0.4, -0.2) is 34.6 Å². The maximum absolute atomic E-state index is 14.4. The van der Waals surface area contributed by atoms with Gasteiger partial charge in [-0.1, -0.05) is 23.2 Å². The summed E-state index contributed by atoms with van der Waals surface area (Å²) >= 11 is 12.2. The van der Waals surface area contributed by atoms with E-state index in [1.807, 2.05) is 4.90 Å². The van der Waals surface area contributed by atoms with Crippen molar-refractivity contribution < 1.29 is 13.9 Å². The number of carbonyl (C=O) groups excluding carboxylic acids is 1. The Kier molecular flexibility index (Phi) is 5.75. The number of nitrogens with one attached hydrogen (secondary N) is 1. The summed E-state index contributed by atoms with van der Waals surface area (Å²) in [5.41, 5.74) is 7.34. The summed E-state index contributed by atoms with van der Waals surface area (Å²) in [6.45, 7) is 0.584. The summed E-state index contributed by atoms with van der Waals surface area (Å²) in [6, 6.07) is 5.88. The van der Waals surface area contributed by atoms with Gasteiger partial charge in [0.05, 0.1) is 28.8 Å². The van der Waals surface area contributed by atoms with Crippen molar-refractivity contribution in [2.75, 3.05) is 23.7 Å². The Labute approximate surface area is 187 Å². The molecule has 3 N–H and O–H groups in total. The van der Waals surface area contributed by atoms with Crippen LogP contribution in [0.1, 0.15) is 16.7 Å². The van der Waals surface area contributed by atoms with Crippen LogP contribution in [0.25, 0.3) is 0 Å². The molecule has 0 amide bonds. The first-order valence-electron chi connectivity index (χ1n) is 9.15. The third-order valence-electron chi connectivity index (χ3n) is 4.79. The van der Waals surface area contributed by atoms with Crippen molar-refractivity contribution in [1.29, 1.82) is 5.41 Å². The van der Waals surface area contributed by atoms with Crippen LogP contribution in [0.15, 0.2) is 42.9 Å². The SMILES string of the molecule is N=C(c1ccc(N2CC(=O)C2)nc1)c1cc(OCc2c(Cl)cncc2Cl)c(F)cc1N. The molecule has 1 aromatic carbocycles. The fraction of sp³-hybridized carbons (Fsp3) is 0.143. The van der Waals surface area contributed by atoms with Gasteiger partial charge < -0.3 is 15.4 Å². The Bertz CT molecular complexity index is 1160. The molecule has 1 aliphatic heterocycles. The summed E-state index contributed by atoms with van der Waals surface area (Å²) in [5.74, 6) is 0.0331. The highest BCUT2D eigenvalue weighted by molar-refractivity contribution is 6.35. The molecule has 0 bridgehead atoms. The zero-order valence-corrected chi connectivity index (χ0v) is 17.5. The van der Waals surface area contributed by atoms with Gasteiger partial charge in [0, 0.05) is 47.0 Å². The summed E-state index contributed by atoms with van der Waals surface area (Å²) in [5, 5.41) is 9.09. The number of halogens is 3. The lowest BCUT2D eigenvalue weighted by atomic mass is 10.0. The second kappa shape index (κ2) is 8.49. The Hall–Kier alpha value is -3.23. The van der Waals surface area contributed by atoms with Gasteiger partial charge in [0.2, 0.25) is 0 Å². The zero-order valence-electron chi connectivity index (χ0n) is 16.0. The number of carbonyl (C=O) groups is 1. The number of nitrogens with two attached hydrogens (primary N) is 1. The van der Waals surface area contributed by atoms with Gasteiger partial charge in [-0.15, -0.1) is 0 Å². The number of aromatic nitrogens is 2. The van der Waals surface area contributed by atoms with Crippen LogP contribution in [0.2, 0.25) is 10.0 Å². The minimum absolute atomic E-state index is 0.0565. The largest absolute Gasteiger partial charge is 0.486 e. The lowest BCUT2D eigenvalue weighted by Gasteiger charge is -2.30. The molecule has 7 nitrogen and oxygen atoms in total. The second-order valence-electron chi connectivity index (χ2n) is 6.92. The first-order chi connectivity index (χ1) is 14.8. The number of hydrogen-bond acceptors (Lipinski definition) is 7. The van der Waals surface area contributed by atoms with E-state index in [1.165, 1.54) is 24.7 Å². The summed E-state index contributed by atoms with van der Waals surface area (Å²) < 4.78 is 20.0. The highest BCUT2D eigenvalue weighted by Crippen LogP contribution is 2.29. The number of pyridine rings is 2. The maximum Gasteiger partial charge on any atom is 0.171 e. The zero-order chi connectivity index (χ0) is 22.1. The van der Waals surface area contributed by atoms with Crippen molar-refractivity contribution in [3.63, 3.8) is 0 Å². The van der Waals surface area contributed by atoms with E-state index in [1.54, 1.807) is 12.1 Å². The predicted molar refractivity (Wildman–Crippen MR) is 117 cm³/mol. The topological polar surface area (TPSA) is 105 Å². The van der Waals surface area contributed by atoms with Crippen LogP contribution >= 0.6 is 23.2 Å². The van der Waals surface area contributed by atoms with E-state index >= 15 is 0 Å². The van der Waals surface area contributed by atoms with E-state index in [9.17, 15) is 9.18 Å². The highest BCUT2D eigenvalue weighted by Gasteiger charge is 2.24. The van der Waals surface area contributed by atoms with Crippen LogP contribution in [0.3, 0.4) is 0 Å². The van der Waals surface area contributed by atoms with Crippen molar-refractivity contribution in [2.45, 2.75) is 6.61 Å². The number of anilines is 2. The first-order valence-corrected chi connectivity index (χ1v) is 9.90. The molecule has 31 heavy (non-hydrogen) atoms. The van der Waals surface area contributed by atoms with Crippen LogP contribution in [0.4, 0.5) is 15.9 Å². The number of ketones is 1. The Balaban J connectivity index is 1.55. The van der Waals surface area contributed by atoms with Gasteiger partial charge >= 0.3 is 0 Å². The van der Waals surface area contributed by atoms with Gasteiger partial charge in [0.1, 0.15) is 12.4 Å². The number of nitrogen functional groups attached to an aromatic ring is 1. The predicted octanol–water partition coefficient (Wildman–Crippen LogP) is 3.89. The molecule has 0 spiro atoms. The van der Waals surface area contributed by atoms with E-state index in [0.29, 0.717) is 40.1 Å². The molecular formula is C21H16Cl2FN5O2. The lowest BCUT2D eigenvalue weighted by Crippen LogP contribution is -2.47. The quantitative estimate of drug-likeness (QED) is 0.427. The minimum Gasteiger partial charge on any atom is -0.486 e. The van der Waals surface area contributed by atoms with Crippen molar-refractivity contribution in [3.05, 3.63) is 75.4 Å². The fourth-order valence-electron chi connectivity index (χ4n) is 3.04. The molecule has 0 aliphatic carbocycles. The standard InChI is InChI=1S/C21H16Cl2FN5O2/c22-15-6-27-7-16(23)14(15)10-31-19-3-13(18(25)4-17(19)24)21(26)11-1-2-20(28-5-11)29-8-12(30)9-29/h1-7,26H,8-10,25H2. The van der Waals surface area contributed by atoms with Gasteiger partial charge in [-0.2, -0.15) is 0 Å². The second-order valence-corrected chi connectivity index (χ2v) is 7.73. The molecule has 1 saturated heterocycles. The van der Waals surface area contributed by atoms with Crippen LogP contribution in [-0.2, 0) is 11.4 Å². The first kappa shape index (κ1) is 21.0. The molecule has 0 atom stereocenters. The number of nitrogens with zero attached hydrogens (tertiary/aromatic N) is 3. The van der Waals surface area contributed by atoms with Crippen LogP contribution < -0.4 is 15.4 Å². The van der Waals surface area contributed by atoms with E-state index in [-0.39, 0.29) is 35.1 Å². The van der Waals surface area contributed by atoms with Crippen molar-refractivity contribution in [2.24, 2.45) is 0 Å². The van der Waals surface area contributed by atoms with Gasteiger partial charge in [-0.05, 0) is 18.2 Å². The minimum atomic E-state index is -0.675. The normalized spacial score (nSPS) is 13.1. The van der Waals surface area contributed by atoms with Crippen molar-refractivity contribution in [3.8, 4) is 5.75 Å². The van der Waals surface area contributed by atoms with Crippen LogP contribution in [0.5, 0.6) is 5.75 Å². The molecule has 1 aliphatic rings. The van der Waals surface area contributed by atoms with Gasteiger partial charge in [0.25, 0.3) is 0 Å². The molecule has 1 fully saturated rings. The summed E-state index contributed by atoms with van der Waals surface area (Å²) in [7, 11) is 0. The molecule has 158 valence electrons. The van der Waals surface area contributed by atoms with Crippen LogP contribution in [0, 0.1) is 11.2 Å². The average Bonchev–Trinajstić information content (AvgIpc) is 2.72. The number of rotatable bonds is 6. The highest BCUT2D eigenvalue weighted by atomic mass is 35.5. The van der Waals surface area contributed by atoms with E-state index in [0.717, 1.165) is 6.07 Å². The third-order valence-corrected chi connectivity index (χ3v) is 5.44. The Morgan fingerprint density at radius 1 is 1.19 bits per heavy atom. The number of benzene rings is 1. The molecule has 3 aromatic rings. The third kappa shape index (κ3) is 4.30. The lowest BCUT2D eigenvalue weighted by molar-refractivity contribution is -0.119. The Morgan fingerprint density at radius 3 is 2.52 bits per heavy atom. The smallest absolute Gasteiger partial charge is 0.171 e. The number of ether oxygens (including phenoxy) is 1. The molecule has 3 heterocycles. The van der Waals surface area contributed by atoms with Gasteiger partial charge in [-0.25, -0.2) is 9.37 Å². The van der Waals surface area contributed by atoms with E-state index in [2.05, 4.69) is 9.97 Å². The van der Waals surface area contributed by atoms with Crippen molar-refractivity contribution in [1.82, 2.24) is 9.97 Å². The summed E-state index contributed by atoms with van der Waals surface area (Å²) in [6.07, 6.45) is 4.35. The van der Waals surface area contributed by atoms with Gasteiger partial charge in [0.15, 0.2) is 17.3 Å². The molecule has 10 heteroatoms. The average molecular weight is 460 g/mol. The van der Waals surface area contributed by atoms with E-state index in [4.69, 9.17) is 39.1 Å². The van der Waals surface area contributed by atoms with Crippen molar-refractivity contribution >= 4 is 46.2 Å². The molecule has 0 radical (unpaired) electrons. The number of Topliss-reactive ketones (excluding diaryl/α,β-unsaturated/α-hetero) is 1.